The Morgan fingerprint density at radius 2 is 2.00 bits per heavy atom. The van der Waals surface area contributed by atoms with Crippen LogP contribution in [0.25, 0.3) is 0 Å². The molecule has 0 N–H and O–H groups in total. The Bertz CT molecular complexity index is 713. The van der Waals surface area contributed by atoms with Crippen LogP contribution >= 0.6 is 11.6 Å². The van der Waals surface area contributed by atoms with Gasteiger partial charge in [0, 0.05) is 22.9 Å². The normalized spacial score (nSPS) is 12.9. The van der Waals surface area contributed by atoms with Gasteiger partial charge in [-0.25, -0.2) is 0 Å². The molecule has 0 fully saturated rings. The molecule has 0 saturated heterocycles. The van der Waals surface area contributed by atoms with Crippen molar-refractivity contribution in [2.45, 2.75) is 6.92 Å². The molecule has 2 aromatic rings. The number of methoxy groups -OCH3 is 1. The maximum atomic E-state index is 6.10. The van der Waals surface area contributed by atoms with Crippen LogP contribution in [0.1, 0.15) is 11.1 Å². The summed E-state index contributed by atoms with van der Waals surface area (Å²) in [6.07, 6.45) is 1.74. The maximum Gasteiger partial charge on any atom is 0.231 e. The predicted octanol–water partition coefficient (Wildman–Crippen LogP) is 4.14. The number of rotatable bonds is 3. The Kier molecular flexibility index (Phi) is 3.71. The highest BCUT2D eigenvalue weighted by Gasteiger charge is 2.17. The van der Waals surface area contributed by atoms with E-state index < -0.39 is 0 Å². The second kappa shape index (κ2) is 5.66. The summed E-state index contributed by atoms with van der Waals surface area (Å²) in [6, 6.07) is 9.28. The first-order valence-corrected chi connectivity index (χ1v) is 6.83. The summed E-state index contributed by atoms with van der Waals surface area (Å²) in [7, 11) is 1.61. The number of benzene rings is 2. The SMILES string of the molecule is COc1cc2c(cc1C=Nc1cccc(Cl)c1C)OCO2. The Labute approximate surface area is 127 Å². The quantitative estimate of drug-likeness (QED) is 0.800. The van der Waals surface area contributed by atoms with Crippen molar-refractivity contribution in [2.75, 3.05) is 13.9 Å². The van der Waals surface area contributed by atoms with Gasteiger partial charge in [-0.05, 0) is 30.7 Å². The predicted molar refractivity (Wildman–Crippen MR) is 82.6 cm³/mol. The van der Waals surface area contributed by atoms with Crippen molar-refractivity contribution >= 4 is 23.5 Å². The minimum Gasteiger partial charge on any atom is -0.496 e. The van der Waals surface area contributed by atoms with Crippen LogP contribution < -0.4 is 14.2 Å². The maximum absolute atomic E-state index is 6.10. The fourth-order valence-electron chi connectivity index (χ4n) is 2.09. The second-order valence-corrected chi connectivity index (χ2v) is 5.00. The van der Waals surface area contributed by atoms with Gasteiger partial charge in [-0.2, -0.15) is 0 Å². The molecule has 4 nitrogen and oxygen atoms in total. The summed E-state index contributed by atoms with van der Waals surface area (Å²) >= 11 is 6.10. The zero-order valence-corrected chi connectivity index (χ0v) is 12.5. The first-order valence-electron chi connectivity index (χ1n) is 6.46. The molecule has 0 aliphatic carbocycles. The van der Waals surface area contributed by atoms with E-state index in [1.165, 1.54) is 0 Å². The zero-order chi connectivity index (χ0) is 14.8. The molecule has 1 heterocycles. The Balaban J connectivity index is 1.97. The van der Waals surface area contributed by atoms with Gasteiger partial charge in [-0.3, -0.25) is 4.99 Å². The van der Waals surface area contributed by atoms with Gasteiger partial charge in [0.15, 0.2) is 11.5 Å². The third-order valence-corrected chi connectivity index (χ3v) is 3.72. The van der Waals surface area contributed by atoms with Gasteiger partial charge in [0.1, 0.15) is 5.75 Å². The molecule has 0 unspecified atom stereocenters. The number of nitrogens with zero attached hydrogens (tertiary/aromatic N) is 1. The molecule has 0 bridgehead atoms. The Morgan fingerprint density at radius 3 is 2.76 bits per heavy atom. The fourth-order valence-corrected chi connectivity index (χ4v) is 2.26. The Morgan fingerprint density at radius 1 is 1.24 bits per heavy atom. The molecule has 0 saturated carbocycles. The molecule has 0 radical (unpaired) electrons. The number of aliphatic imine (C=N–C) groups is 1. The van der Waals surface area contributed by atoms with Crippen LogP contribution in [0.4, 0.5) is 5.69 Å². The van der Waals surface area contributed by atoms with Crippen molar-refractivity contribution in [1.82, 2.24) is 0 Å². The average Bonchev–Trinajstić information content (AvgIpc) is 2.95. The molecule has 1 aliphatic heterocycles. The van der Waals surface area contributed by atoms with Gasteiger partial charge in [-0.1, -0.05) is 17.7 Å². The minimum absolute atomic E-state index is 0.229. The van der Waals surface area contributed by atoms with Crippen molar-refractivity contribution in [3.05, 3.63) is 46.5 Å². The lowest BCUT2D eigenvalue weighted by atomic mass is 10.1. The highest BCUT2D eigenvalue weighted by molar-refractivity contribution is 6.31. The monoisotopic (exact) mass is 303 g/mol. The topological polar surface area (TPSA) is 40.0 Å². The third kappa shape index (κ3) is 2.67. The molecule has 21 heavy (non-hydrogen) atoms. The van der Waals surface area contributed by atoms with Gasteiger partial charge in [0.2, 0.25) is 6.79 Å². The van der Waals surface area contributed by atoms with Crippen molar-refractivity contribution in [3.8, 4) is 17.2 Å². The van der Waals surface area contributed by atoms with E-state index in [1.807, 2.05) is 31.2 Å². The van der Waals surface area contributed by atoms with E-state index in [1.54, 1.807) is 19.4 Å². The summed E-state index contributed by atoms with van der Waals surface area (Å²) in [5.41, 5.74) is 2.58. The van der Waals surface area contributed by atoms with E-state index in [4.69, 9.17) is 25.8 Å². The second-order valence-electron chi connectivity index (χ2n) is 4.59. The lowest BCUT2D eigenvalue weighted by Gasteiger charge is -2.06. The van der Waals surface area contributed by atoms with Gasteiger partial charge in [-0.15, -0.1) is 0 Å². The Hall–Kier alpha value is -2.20. The number of hydrogen-bond donors (Lipinski definition) is 0. The molecule has 2 aromatic carbocycles. The molecule has 108 valence electrons. The van der Waals surface area contributed by atoms with E-state index in [9.17, 15) is 0 Å². The number of fused-ring (bicyclic) bond motifs is 1. The fraction of sp³-hybridized carbons (Fsp3) is 0.188. The molecule has 3 rings (SSSR count). The van der Waals surface area contributed by atoms with Crippen molar-refractivity contribution in [2.24, 2.45) is 4.99 Å². The van der Waals surface area contributed by atoms with Gasteiger partial charge in [0.05, 0.1) is 12.8 Å². The average molecular weight is 304 g/mol. The number of halogens is 1. The van der Waals surface area contributed by atoms with Crippen LogP contribution in [0.3, 0.4) is 0 Å². The van der Waals surface area contributed by atoms with Crippen molar-refractivity contribution < 1.29 is 14.2 Å². The van der Waals surface area contributed by atoms with Crippen LogP contribution in [0.5, 0.6) is 17.2 Å². The third-order valence-electron chi connectivity index (χ3n) is 3.31. The van der Waals surface area contributed by atoms with Crippen LogP contribution in [0, 0.1) is 6.92 Å². The smallest absolute Gasteiger partial charge is 0.231 e. The standard InChI is InChI=1S/C16H14ClNO3/c1-10-12(17)4-3-5-13(10)18-8-11-6-15-16(21-9-20-15)7-14(11)19-2/h3-8H,9H2,1-2H3. The summed E-state index contributed by atoms with van der Waals surface area (Å²) in [4.78, 5) is 4.49. The lowest BCUT2D eigenvalue weighted by molar-refractivity contribution is 0.174. The summed E-state index contributed by atoms with van der Waals surface area (Å²) < 4.78 is 16.1. The van der Waals surface area contributed by atoms with E-state index >= 15 is 0 Å². The minimum atomic E-state index is 0.229. The summed E-state index contributed by atoms with van der Waals surface area (Å²) in [6.45, 7) is 2.17. The van der Waals surface area contributed by atoms with E-state index in [0.717, 1.165) is 16.8 Å². The van der Waals surface area contributed by atoms with E-state index in [0.29, 0.717) is 22.3 Å². The first kappa shape index (κ1) is 13.8. The number of ether oxygens (including phenoxy) is 3. The van der Waals surface area contributed by atoms with E-state index in [2.05, 4.69) is 4.99 Å². The molecule has 1 aliphatic rings. The molecular weight excluding hydrogens is 290 g/mol. The number of hydrogen-bond acceptors (Lipinski definition) is 4. The molecule has 0 amide bonds. The molecular formula is C16H14ClNO3. The van der Waals surface area contributed by atoms with Gasteiger partial charge in [0.25, 0.3) is 0 Å². The molecule has 0 atom stereocenters. The van der Waals surface area contributed by atoms with Crippen LogP contribution in [-0.2, 0) is 0 Å². The van der Waals surface area contributed by atoms with Crippen molar-refractivity contribution in [3.63, 3.8) is 0 Å². The highest BCUT2D eigenvalue weighted by Crippen LogP contribution is 2.37. The van der Waals surface area contributed by atoms with Gasteiger partial charge < -0.3 is 14.2 Å². The lowest BCUT2D eigenvalue weighted by Crippen LogP contribution is -1.92. The van der Waals surface area contributed by atoms with Gasteiger partial charge >= 0.3 is 0 Å². The van der Waals surface area contributed by atoms with Crippen molar-refractivity contribution in [1.29, 1.82) is 0 Å². The first-order chi connectivity index (χ1) is 10.2. The van der Waals surface area contributed by atoms with E-state index in [-0.39, 0.29) is 6.79 Å². The summed E-state index contributed by atoms with van der Waals surface area (Å²) in [5, 5.41) is 0.697. The summed E-state index contributed by atoms with van der Waals surface area (Å²) in [5.74, 6) is 2.06. The van der Waals surface area contributed by atoms with Crippen LogP contribution in [-0.4, -0.2) is 20.1 Å². The van der Waals surface area contributed by atoms with Crippen LogP contribution in [0.2, 0.25) is 5.02 Å². The molecule has 0 spiro atoms. The largest absolute Gasteiger partial charge is 0.496 e. The molecule has 0 aromatic heterocycles. The van der Waals surface area contributed by atoms with Crippen LogP contribution in [0.15, 0.2) is 35.3 Å². The molecule has 5 heteroatoms. The highest BCUT2D eigenvalue weighted by atomic mass is 35.5. The zero-order valence-electron chi connectivity index (χ0n) is 11.7.